The molecule has 0 radical (unpaired) electrons. The van der Waals surface area contributed by atoms with E-state index in [0.29, 0.717) is 5.94 Å². The SMILES string of the molecule is CCOCSc1ccnc2ccccc12. The van der Waals surface area contributed by atoms with E-state index in [0.717, 1.165) is 12.1 Å². The highest BCUT2D eigenvalue weighted by Gasteiger charge is 2.00. The molecular weight excluding hydrogens is 206 g/mol. The Hall–Kier alpha value is -1.06. The zero-order valence-corrected chi connectivity index (χ0v) is 9.46. The first-order chi connectivity index (χ1) is 7.42. The van der Waals surface area contributed by atoms with E-state index in [9.17, 15) is 0 Å². The Morgan fingerprint density at radius 3 is 3.00 bits per heavy atom. The lowest BCUT2D eigenvalue weighted by molar-refractivity contribution is 0.199. The van der Waals surface area contributed by atoms with Crippen molar-refractivity contribution in [3.05, 3.63) is 36.5 Å². The molecule has 0 spiro atoms. The summed E-state index contributed by atoms with van der Waals surface area (Å²) in [6, 6.07) is 10.2. The van der Waals surface area contributed by atoms with Gasteiger partial charge in [0.25, 0.3) is 0 Å². The Morgan fingerprint density at radius 1 is 1.27 bits per heavy atom. The molecular formula is C12H13NOS. The van der Waals surface area contributed by atoms with Crippen molar-refractivity contribution in [2.75, 3.05) is 12.5 Å². The molecule has 2 nitrogen and oxygen atoms in total. The van der Waals surface area contributed by atoms with Gasteiger partial charge in [-0.1, -0.05) is 30.0 Å². The summed E-state index contributed by atoms with van der Waals surface area (Å²) < 4.78 is 5.33. The smallest absolute Gasteiger partial charge is 0.0967 e. The van der Waals surface area contributed by atoms with Crippen LogP contribution in [0.4, 0.5) is 0 Å². The van der Waals surface area contributed by atoms with Gasteiger partial charge in [0, 0.05) is 23.1 Å². The molecule has 0 saturated carbocycles. The third-order valence-corrected chi connectivity index (χ3v) is 3.06. The van der Waals surface area contributed by atoms with Gasteiger partial charge in [-0.15, -0.1) is 0 Å². The van der Waals surface area contributed by atoms with E-state index in [4.69, 9.17) is 4.74 Å². The quantitative estimate of drug-likeness (QED) is 0.447. The molecule has 1 aromatic carbocycles. The second-order valence-corrected chi connectivity index (χ2v) is 4.05. The molecule has 78 valence electrons. The molecule has 3 heteroatoms. The highest BCUT2D eigenvalue weighted by Crippen LogP contribution is 2.26. The molecule has 0 unspecified atom stereocenters. The number of pyridine rings is 1. The first-order valence-electron chi connectivity index (χ1n) is 4.96. The van der Waals surface area contributed by atoms with Gasteiger partial charge in [0.15, 0.2) is 0 Å². The molecule has 2 aromatic rings. The van der Waals surface area contributed by atoms with Crippen LogP contribution in [-0.4, -0.2) is 17.5 Å². The van der Waals surface area contributed by atoms with E-state index in [1.54, 1.807) is 11.8 Å². The average Bonchev–Trinajstić information content (AvgIpc) is 2.30. The molecule has 0 aliphatic rings. The Kier molecular flexibility index (Phi) is 3.59. The van der Waals surface area contributed by atoms with Crippen molar-refractivity contribution in [1.82, 2.24) is 4.98 Å². The van der Waals surface area contributed by atoms with Crippen LogP contribution in [-0.2, 0) is 4.74 Å². The number of thioether (sulfide) groups is 1. The van der Waals surface area contributed by atoms with E-state index < -0.39 is 0 Å². The van der Waals surface area contributed by atoms with Crippen molar-refractivity contribution in [2.45, 2.75) is 11.8 Å². The van der Waals surface area contributed by atoms with Crippen LogP contribution in [0.5, 0.6) is 0 Å². The average molecular weight is 219 g/mol. The van der Waals surface area contributed by atoms with Crippen molar-refractivity contribution >= 4 is 22.7 Å². The number of hydrogen-bond acceptors (Lipinski definition) is 3. The van der Waals surface area contributed by atoms with Gasteiger partial charge in [-0.2, -0.15) is 0 Å². The van der Waals surface area contributed by atoms with Crippen LogP contribution < -0.4 is 0 Å². The van der Waals surface area contributed by atoms with Gasteiger partial charge >= 0.3 is 0 Å². The van der Waals surface area contributed by atoms with Gasteiger partial charge in [0.1, 0.15) is 0 Å². The molecule has 0 atom stereocenters. The van der Waals surface area contributed by atoms with Crippen LogP contribution in [0.3, 0.4) is 0 Å². The largest absolute Gasteiger partial charge is 0.371 e. The third-order valence-electron chi connectivity index (χ3n) is 2.11. The zero-order valence-electron chi connectivity index (χ0n) is 8.64. The summed E-state index contributed by atoms with van der Waals surface area (Å²) in [6.07, 6.45) is 1.84. The number of rotatable bonds is 4. The summed E-state index contributed by atoms with van der Waals surface area (Å²) in [6.45, 7) is 2.77. The topological polar surface area (TPSA) is 22.1 Å². The fraction of sp³-hybridized carbons (Fsp3) is 0.250. The Balaban J connectivity index is 2.26. The monoisotopic (exact) mass is 219 g/mol. The molecule has 0 aliphatic heterocycles. The molecule has 0 amide bonds. The summed E-state index contributed by atoms with van der Waals surface area (Å²) in [7, 11) is 0. The lowest BCUT2D eigenvalue weighted by atomic mass is 10.2. The fourth-order valence-electron chi connectivity index (χ4n) is 1.38. The maximum atomic E-state index is 5.33. The third kappa shape index (κ3) is 2.49. The molecule has 1 heterocycles. The van der Waals surface area contributed by atoms with Crippen LogP contribution in [0.1, 0.15) is 6.92 Å². The maximum Gasteiger partial charge on any atom is 0.0967 e. The summed E-state index contributed by atoms with van der Waals surface area (Å²) in [5.74, 6) is 0.699. The predicted molar refractivity (Wildman–Crippen MR) is 64.1 cm³/mol. The highest BCUT2D eigenvalue weighted by molar-refractivity contribution is 7.99. The number of aromatic nitrogens is 1. The second-order valence-electron chi connectivity index (χ2n) is 3.08. The van der Waals surface area contributed by atoms with Crippen molar-refractivity contribution in [1.29, 1.82) is 0 Å². The van der Waals surface area contributed by atoms with Crippen molar-refractivity contribution in [3.63, 3.8) is 0 Å². The minimum Gasteiger partial charge on any atom is -0.371 e. The highest BCUT2D eigenvalue weighted by atomic mass is 32.2. The Bertz CT molecular complexity index is 439. The van der Waals surface area contributed by atoms with Gasteiger partial charge in [-0.25, -0.2) is 0 Å². The number of ether oxygens (including phenoxy) is 1. The Labute approximate surface area is 93.7 Å². The zero-order chi connectivity index (χ0) is 10.5. The molecule has 0 aliphatic carbocycles. The molecule has 0 saturated heterocycles. The van der Waals surface area contributed by atoms with E-state index >= 15 is 0 Å². The minimum atomic E-state index is 0.699. The van der Waals surface area contributed by atoms with Crippen LogP contribution in [0.25, 0.3) is 10.9 Å². The standard InChI is InChI=1S/C12H13NOS/c1-2-14-9-15-12-7-8-13-11-6-4-3-5-10(11)12/h3-8H,2,9H2,1H3. The summed E-state index contributed by atoms with van der Waals surface area (Å²) >= 11 is 1.71. The molecule has 1 aromatic heterocycles. The summed E-state index contributed by atoms with van der Waals surface area (Å²) in [5, 5.41) is 1.20. The number of nitrogens with zero attached hydrogens (tertiary/aromatic N) is 1. The van der Waals surface area contributed by atoms with E-state index in [-0.39, 0.29) is 0 Å². The van der Waals surface area contributed by atoms with Gasteiger partial charge in [0.05, 0.1) is 11.5 Å². The van der Waals surface area contributed by atoms with Crippen LogP contribution in [0.15, 0.2) is 41.4 Å². The number of benzene rings is 1. The van der Waals surface area contributed by atoms with Crippen LogP contribution in [0, 0.1) is 0 Å². The second kappa shape index (κ2) is 5.14. The van der Waals surface area contributed by atoms with Crippen LogP contribution >= 0.6 is 11.8 Å². The maximum absolute atomic E-state index is 5.33. The molecule has 0 bridgehead atoms. The summed E-state index contributed by atoms with van der Waals surface area (Å²) in [4.78, 5) is 5.55. The predicted octanol–water partition coefficient (Wildman–Crippen LogP) is 3.32. The first kappa shape index (κ1) is 10.5. The van der Waals surface area contributed by atoms with E-state index in [1.165, 1.54) is 10.3 Å². The molecule has 0 fully saturated rings. The minimum absolute atomic E-state index is 0.699. The van der Waals surface area contributed by atoms with Crippen molar-refractivity contribution in [3.8, 4) is 0 Å². The lowest BCUT2D eigenvalue weighted by Gasteiger charge is -2.05. The van der Waals surface area contributed by atoms with Crippen molar-refractivity contribution in [2.24, 2.45) is 0 Å². The van der Waals surface area contributed by atoms with Gasteiger partial charge in [-0.3, -0.25) is 4.98 Å². The fourth-order valence-corrected chi connectivity index (χ4v) is 2.25. The van der Waals surface area contributed by atoms with E-state index in [2.05, 4.69) is 11.1 Å². The normalized spacial score (nSPS) is 10.7. The lowest BCUT2D eigenvalue weighted by Crippen LogP contribution is -1.89. The van der Waals surface area contributed by atoms with Crippen molar-refractivity contribution < 1.29 is 4.74 Å². The molecule has 15 heavy (non-hydrogen) atoms. The van der Waals surface area contributed by atoms with Gasteiger partial charge in [0.2, 0.25) is 0 Å². The van der Waals surface area contributed by atoms with Crippen LogP contribution in [0.2, 0.25) is 0 Å². The van der Waals surface area contributed by atoms with E-state index in [1.807, 2.05) is 37.4 Å². The van der Waals surface area contributed by atoms with Gasteiger partial charge < -0.3 is 4.74 Å². The summed E-state index contributed by atoms with van der Waals surface area (Å²) in [5.41, 5.74) is 1.04. The first-order valence-corrected chi connectivity index (χ1v) is 5.94. The molecule has 2 rings (SSSR count). The number of fused-ring (bicyclic) bond motifs is 1. The molecule has 0 N–H and O–H groups in total. The van der Waals surface area contributed by atoms with Gasteiger partial charge in [-0.05, 0) is 19.1 Å². The number of para-hydroxylation sites is 1. The Morgan fingerprint density at radius 2 is 2.13 bits per heavy atom. The number of hydrogen-bond donors (Lipinski definition) is 0.